The first-order valence-corrected chi connectivity index (χ1v) is 15.1. The zero-order valence-corrected chi connectivity index (χ0v) is 24.8. The van der Waals surface area contributed by atoms with Crippen molar-refractivity contribution >= 4 is 32.7 Å². The fraction of sp³-hybridized carbons (Fsp3) is 0. The predicted molar refractivity (Wildman–Crippen MR) is 192 cm³/mol. The molecule has 0 aliphatic heterocycles. The quantitative estimate of drug-likeness (QED) is 0.195. The molecule has 0 saturated heterocycles. The SMILES string of the molecule is [2H]c1ccc2oc3ccc([2H])c(-c4nc(-c5cccc(-c6ccccc6)c5)nc(-c5ccc6cc(-c7c([2H])c([2H])c([2H])c([2H])c7[2H])ccc6c5)n4)c3c2c1. The van der Waals surface area contributed by atoms with E-state index in [-0.39, 0.29) is 41.6 Å². The van der Waals surface area contributed by atoms with E-state index in [1.807, 2.05) is 84.9 Å². The molecule has 0 N–H and O–H groups in total. The maximum atomic E-state index is 9.07. The molecule has 0 atom stereocenters. The number of rotatable bonds is 5. The van der Waals surface area contributed by atoms with Gasteiger partial charge in [0.2, 0.25) is 0 Å². The number of para-hydroxylation sites is 1. The smallest absolute Gasteiger partial charge is 0.164 e. The van der Waals surface area contributed by atoms with Crippen molar-refractivity contribution in [2.24, 2.45) is 0 Å². The average molecular weight is 609 g/mol. The molecule has 0 amide bonds. The second-order valence-electron chi connectivity index (χ2n) is 11.1. The van der Waals surface area contributed by atoms with Gasteiger partial charge in [0.1, 0.15) is 11.2 Å². The van der Waals surface area contributed by atoms with Crippen LogP contribution in [-0.2, 0) is 0 Å². The van der Waals surface area contributed by atoms with Crippen LogP contribution in [0.5, 0.6) is 0 Å². The van der Waals surface area contributed by atoms with Crippen molar-refractivity contribution in [1.29, 1.82) is 0 Å². The van der Waals surface area contributed by atoms with Crippen molar-refractivity contribution in [1.82, 2.24) is 15.0 Å². The van der Waals surface area contributed by atoms with Crippen LogP contribution in [0.4, 0.5) is 0 Å². The normalized spacial score (nSPS) is 13.5. The molecule has 220 valence electrons. The summed E-state index contributed by atoms with van der Waals surface area (Å²) in [4.78, 5) is 15.0. The Morgan fingerprint density at radius 3 is 1.91 bits per heavy atom. The van der Waals surface area contributed by atoms with Crippen LogP contribution in [0.2, 0.25) is 0 Å². The molecule has 0 aliphatic rings. The molecular formula is C43H27N3O. The van der Waals surface area contributed by atoms with Crippen molar-refractivity contribution in [2.75, 3.05) is 0 Å². The molecule has 0 aliphatic carbocycles. The van der Waals surface area contributed by atoms with Crippen LogP contribution in [0.25, 0.3) is 89.1 Å². The van der Waals surface area contributed by atoms with Crippen LogP contribution in [-0.4, -0.2) is 15.0 Å². The summed E-state index contributed by atoms with van der Waals surface area (Å²) >= 11 is 0. The summed E-state index contributed by atoms with van der Waals surface area (Å²) in [6.07, 6.45) is 0. The molecule has 9 rings (SSSR count). The molecule has 9 aromatic rings. The minimum absolute atomic E-state index is 0.140. The van der Waals surface area contributed by atoms with E-state index in [1.54, 1.807) is 36.4 Å². The van der Waals surface area contributed by atoms with E-state index in [1.165, 1.54) is 0 Å². The lowest BCUT2D eigenvalue weighted by Crippen LogP contribution is -2.00. The van der Waals surface area contributed by atoms with Crippen molar-refractivity contribution in [3.8, 4) is 56.4 Å². The van der Waals surface area contributed by atoms with Gasteiger partial charge in [-0.15, -0.1) is 0 Å². The summed E-state index contributed by atoms with van der Waals surface area (Å²) in [5, 5.41) is 2.95. The molecule has 2 aromatic heterocycles. The van der Waals surface area contributed by atoms with Gasteiger partial charge < -0.3 is 4.42 Å². The molecule has 0 radical (unpaired) electrons. The van der Waals surface area contributed by atoms with Crippen LogP contribution in [0.3, 0.4) is 0 Å². The number of fused-ring (bicyclic) bond motifs is 4. The van der Waals surface area contributed by atoms with E-state index < -0.39 is 6.04 Å². The van der Waals surface area contributed by atoms with Gasteiger partial charge >= 0.3 is 0 Å². The largest absolute Gasteiger partial charge is 0.456 e. The molecular weight excluding hydrogens is 574 g/mol. The van der Waals surface area contributed by atoms with Crippen LogP contribution in [0.15, 0.2) is 168 Å². The highest BCUT2D eigenvalue weighted by Gasteiger charge is 2.18. The zero-order chi connectivity index (χ0) is 37.2. The highest BCUT2D eigenvalue weighted by molar-refractivity contribution is 6.11. The first-order valence-electron chi connectivity index (χ1n) is 18.6. The van der Waals surface area contributed by atoms with E-state index in [9.17, 15) is 0 Å². The fourth-order valence-corrected chi connectivity index (χ4v) is 5.98. The van der Waals surface area contributed by atoms with Crippen LogP contribution < -0.4 is 0 Å². The Morgan fingerprint density at radius 1 is 0.426 bits per heavy atom. The van der Waals surface area contributed by atoms with Gasteiger partial charge in [0.05, 0.1) is 9.60 Å². The number of benzene rings is 7. The fourth-order valence-electron chi connectivity index (χ4n) is 5.98. The van der Waals surface area contributed by atoms with Gasteiger partial charge in [-0.2, -0.15) is 0 Å². The van der Waals surface area contributed by atoms with E-state index in [0.717, 1.165) is 27.5 Å². The van der Waals surface area contributed by atoms with Gasteiger partial charge in [-0.25, -0.2) is 15.0 Å². The van der Waals surface area contributed by atoms with Gasteiger partial charge in [0.15, 0.2) is 17.5 Å². The van der Waals surface area contributed by atoms with Gasteiger partial charge in [-0.05, 0) is 63.4 Å². The molecule has 2 heterocycles. The van der Waals surface area contributed by atoms with Crippen molar-refractivity contribution in [3.05, 3.63) is 164 Å². The molecule has 0 fully saturated rings. The van der Waals surface area contributed by atoms with Crippen LogP contribution >= 0.6 is 0 Å². The molecule has 47 heavy (non-hydrogen) atoms. The molecule has 0 spiro atoms. The summed E-state index contributed by atoms with van der Waals surface area (Å²) in [7, 11) is 0. The monoisotopic (exact) mass is 608 g/mol. The Labute approximate surface area is 281 Å². The zero-order valence-electron chi connectivity index (χ0n) is 31.8. The van der Waals surface area contributed by atoms with Crippen molar-refractivity contribution < 1.29 is 14.0 Å². The number of hydrogen-bond donors (Lipinski definition) is 0. The Morgan fingerprint density at radius 2 is 1.09 bits per heavy atom. The third kappa shape index (κ3) is 4.93. The lowest BCUT2D eigenvalue weighted by molar-refractivity contribution is 0.669. The Kier molecular flexibility index (Phi) is 4.91. The van der Waals surface area contributed by atoms with Gasteiger partial charge in [0.25, 0.3) is 0 Å². The summed E-state index contributed by atoms with van der Waals surface area (Å²) < 4.78 is 64.7. The highest BCUT2D eigenvalue weighted by Crippen LogP contribution is 2.37. The maximum absolute atomic E-state index is 9.07. The Hall–Kier alpha value is -6.39. The van der Waals surface area contributed by atoms with Crippen LogP contribution in [0, 0.1) is 0 Å². The number of nitrogens with zero attached hydrogens (tertiary/aromatic N) is 3. The molecule has 4 heteroatoms. The second kappa shape index (κ2) is 11.2. The molecule has 0 unspecified atom stereocenters. The summed E-state index contributed by atoms with van der Waals surface area (Å²) in [6, 6.07) is 36.4. The minimum Gasteiger partial charge on any atom is -0.456 e. The van der Waals surface area contributed by atoms with Gasteiger partial charge in [-0.1, -0.05) is 133 Å². The van der Waals surface area contributed by atoms with Crippen LogP contribution in [0.1, 0.15) is 9.60 Å². The molecule has 0 saturated carbocycles. The maximum Gasteiger partial charge on any atom is 0.164 e. The van der Waals surface area contributed by atoms with E-state index in [4.69, 9.17) is 29.0 Å². The standard InChI is InChI=1S/C43H27N3O/c1-3-11-28(12-4-1)30-15-9-16-34(26-30)41-44-42(35-24-23-32-25-31(21-22-33(32)27-35)29-13-5-2-6-14-29)46-43(45-41)37-18-10-20-39-40(37)36-17-7-8-19-38(36)47-39/h1-27H/i2D,5D,6D,7D,13D,14D,18D. The van der Waals surface area contributed by atoms with Crippen molar-refractivity contribution in [2.45, 2.75) is 0 Å². The van der Waals surface area contributed by atoms with E-state index in [0.29, 0.717) is 56.3 Å². The molecule has 7 aromatic carbocycles. The van der Waals surface area contributed by atoms with Gasteiger partial charge in [-0.3, -0.25) is 0 Å². The molecule has 0 bridgehead atoms. The lowest BCUT2D eigenvalue weighted by atomic mass is 9.99. The minimum atomic E-state index is -0.432. The Bertz CT molecular complexity index is 2950. The Balaban J connectivity index is 1.24. The van der Waals surface area contributed by atoms with Gasteiger partial charge in [0, 0.05) is 27.5 Å². The topological polar surface area (TPSA) is 51.8 Å². The first-order chi connectivity index (χ1) is 26.1. The average Bonchev–Trinajstić information content (AvgIpc) is 3.57. The van der Waals surface area contributed by atoms with Crippen molar-refractivity contribution in [3.63, 3.8) is 0 Å². The third-order valence-electron chi connectivity index (χ3n) is 8.25. The van der Waals surface area contributed by atoms with E-state index in [2.05, 4.69) is 0 Å². The summed E-state index contributed by atoms with van der Waals surface area (Å²) in [6.45, 7) is 0. The van der Waals surface area contributed by atoms with E-state index >= 15 is 0 Å². The number of aromatic nitrogens is 3. The summed E-state index contributed by atoms with van der Waals surface area (Å²) in [5.74, 6) is 1.07. The molecule has 4 nitrogen and oxygen atoms in total. The second-order valence-corrected chi connectivity index (χ2v) is 11.1. The lowest BCUT2D eigenvalue weighted by Gasteiger charge is -2.11. The first kappa shape index (κ1) is 20.6. The highest BCUT2D eigenvalue weighted by atomic mass is 16.3. The summed E-state index contributed by atoms with van der Waals surface area (Å²) in [5.41, 5.74) is 5.73. The third-order valence-corrected chi connectivity index (χ3v) is 8.25. The number of furan rings is 1. The number of hydrogen-bond acceptors (Lipinski definition) is 4. The predicted octanol–water partition coefficient (Wildman–Crippen LogP) is 11.3.